The molecule has 0 aromatic heterocycles. The van der Waals surface area contributed by atoms with Crippen LogP contribution in [0, 0.1) is 5.92 Å². The molecule has 4 heteroatoms. The van der Waals surface area contributed by atoms with Gasteiger partial charge in [0, 0.05) is 5.92 Å². The van der Waals surface area contributed by atoms with Crippen molar-refractivity contribution in [3.05, 3.63) is 70.3 Å². The predicted molar refractivity (Wildman–Crippen MR) is 90.8 cm³/mol. The molecule has 0 aliphatic heterocycles. The Bertz CT molecular complexity index is 835. The minimum atomic E-state index is -1.22. The highest BCUT2D eigenvalue weighted by Crippen LogP contribution is 2.52. The van der Waals surface area contributed by atoms with Crippen LogP contribution in [-0.4, -0.2) is 22.2 Å². The van der Waals surface area contributed by atoms with Crippen molar-refractivity contribution in [3.8, 4) is 0 Å². The topological polar surface area (TPSA) is 74.6 Å². The van der Waals surface area contributed by atoms with Crippen LogP contribution in [0.1, 0.15) is 64.1 Å². The summed E-state index contributed by atoms with van der Waals surface area (Å²) < 4.78 is 0. The van der Waals surface area contributed by atoms with Gasteiger partial charge in [0.15, 0.2) is 0 Å². The molecule has 0 heterocycles. The van der Waals surface area contributed by atoms with Gasteiger partial charge >= 0.3 is 11.9 Å². The molecule has 2 unspecified atom stereocenters. The van der Waals surface area contributed by atoms with Gasteiger partial charge in [-0.25, -0.2) is 9.59 Å². The lowest BCUT2D eigenvalue weighted by atomic mass is 9.75. The summed E-state index contributed by atoms with van der Waals surface area (Å²) in [5.41, 5.74) is 2.94. The van der Waals surface area contributed by atoms with Crippen molar-refractivity contribution in [1.29, 1.82) is 0 Å². The quantitative estimate of drug-likeness (QED) is 0.889. The zero-order valence-electron chi connectivity index (χ0n) is 13.9. The van der Waals surface area contributed by atoms with Gasteiger partial charge in [0.25, 0.3) is 0 Å². The van der Waals surface area contributed by atoms with E-state index in [1.807, 2.05) is 12.1 Å². The number of hydrogen-bond acceptors (Lipinski definition) is 2. The van der Waals surface area contributed by atoms with Gasteiger partial charge in [0.2, 0.25) is 0 Å². The average molecular weight is 324 g/mol. The highest BCUT2D eigenvalue weighted by atomic mass is 16.4. The molecule has 1 aliphatic rings. The molecular formula is C20H20O4. The predicted octanol–water partition coefficient (Wildman–Crippen LogP) is 4.14. The number of aromatic carboxylic acids is 2. The molecule has 0 saturated heterocycles. The van der Waals surface area contributed by atoms with Crippen molar-refractivity contribution in [2.24, 2.45) is 5.92 Å². The summed E-state index contributed by atoms with van der Waals surface area (Å²) in [5, 5.41) is 18.6. The maximum Gasteiger partial charge on any atom is 0.336 e. The summed E-state index contributed by atoms with van der Waals surface area (Å²) in [4.78, 5) is 22.7. The fraction of sp³-hybridized carbons (Fsp3) is 0.300. The van der Waals surface area contributed by atoms with Crippen molar-refractivity contribution < 1.29 is 19.8 Å². The Morgan fingerprint density at radius 2 is 1.58 bits per heavy atom. The summed E-state index contributed by atoms with van der Waals surface area (Å²) in [6.07, 6.45) is 0. The van der Waals surface area contributed by atoms with E-state index in [0.29, 0.717) is 0 Å². The number of fused-ring (bicyclic) bond motifs is 1. The normalized spacial score (nSPS) is 21.3. The third kappa shape index (κ3) is 2.30. The SMILES string of the molecule is CC1C(c2ccc(C(=O)O)c(C(=O)O)c2)c2ccccc2C1(C)C. The maximum absolute atomic E-state index is 11.5. The van der Waals surface area contributed by atoms with Gasteiger partial charge in [-0.15, -0.1) is 0 Å². The summed E-state index contributed by atoms with van der Waals surface area (Å²) >= 11 is 0. The van der Waals surface area contributed by atoms with E-state index in [-0.39, 0.29) is 28.4 Å². The van der Waals surface area contributed by atoms with E-state index in [2.05, 4.69) is 32.9 Å². The van der Waals surface area contributed by atoms with Crippen LogP contribution in [0.5, 0.6) is 0 Å². The molecule has 2 N–H and O–H groups in total. The van der Waals surface area contributed by atoms with E-state index in [1.54, 1.807) is 6.07 Å². The minimum absolute atomic E-state index is 0.0316. The lowest BCUT2D eigenvalue weighted by molar-refractivity contribution is 0.0651. The molecular weight excluding hydrogens is 304 g/mol. The Hall–Kier alpha value is -2.62. The first-order valence-electron chi connectivity index (χ1n) is 7.95. The van der Waals surface area contributed by atoms with Crippen molar-refractivity contribution in [1.82, 2.24) is 0 Å². The Balaban J connectivity index is 2.18. The Morgan fingerprint density at radius 1 is 0.958 bits per heavy atom. The van der Waals surface area contributed by atoms with Crippen LogP contribution in [0.25, 0.3) is 0 Å². The van der Waals surface area contributed by atoms with Gasteiger partial charge < -0.3 is 10.2 Å². The smallest absolute Gasteiger partial charge is 0.336 e. The zero-order chi connectivity index (χ0) is 17.6. The van der Waals surface area contributed by atoms with Gasteiger partial charge in [-0.3, -0.25) is 0 Å². The molecule has 2 aromatic carbocycles. The lowest BCUT2D eigenvalue weighted by Crippen LogP contribution is -2.23. The van der Waals surface area contributed by atoms with E-state index < -0.39 is 11.9 Å². The van der Waals surface area contributed by atoms with Gasteiger partial charge in [0.05, 0.1) is 11.1 Å². The highest BCUT2D eigenvalue weighted by Gasteiger charge is 2.44. The van der Waals surface area contributed by atoms with Crippen LogP contribution in [0.2, 0.25) is 0 Å². The van der Waals surface area contributed by atoms with Gasteiger partial charge in [-0.05, 0) is 40.2 Å². The summed E-state index contributed by atoms with van der Waals surface area (Å²) in [7, 11) is 0. The minimum Gasteiger partial charge on any atom is -0.478 e. The maximum atomic E-state index is 11.5. The molecule has 2 aromatic rings. The molecule has 0 bridgehead atoms. The molecule has 0 spiro atoms. The van der Waals surface area contributed by atoms with E-state index in [9.17, 15) is 19.8 Å². The Morgan fingerprint density at radius 3 is 2.21 bits per heavy atom. The molecule has 24 heavy (non-hydrogen) atoms. The van der Waals surface area contributed by atoms with Crippen molar-refractivity contribution in [2.45, 2.75) is 32.1 Å². The molecule has 124 valence electrons. The van der Waals surface area contributed by atoms with Gasteiger partial charge in [0.1, 0.15) is 0 Å². The lowest BCUT2D eigenvalue weighted by Gasteiger charge is -2.28. The molecule has 3 rings (SSSR count). The average Bonchev–Trinajstić information content (AvgIpc) is 2.74. The molecule has 4 nitrogen and oxygen atoms in total. The Labute approximate surface area is 140 Å². The second kappa shape index (κ2) is 5.48. The molecule has 0 fully saturated rings. The molecule has 0 saturated carbocycles. The first kappa shape index (κ1) is 16.2. The zero-order valence-corrected chi connectivity index (χ0v) is 13.9. The van der Waals surface area contributed by atoms with Crippen LogP contribution < -0.4 is 0 Å². The van der Waals surface area contributed by atoms with E-state index >= 15 is 0 Å². The standard InChI is InChI=1S/C20H20O4/c1-11-17(14-6-4-5-7-16(14)20(11,2)3)12-8-9-13(18(21)22)15(10-12)19(23)24/h4-11,17H,1-3H3,(H,21,22)(H,23,24). The van der Waals surface area contributed by atoms with Crippen LogP contribution >= 0.6 is 0 Å². The summed E-state index contributed by atoms with van der Waals surface area (Å²) in [5.74, 6) is -2.11. The number of carboxylic acids is 2. The number of hydrogen-bond donors (Lipinski definition) is 2. The molecule has 2 atom stereocenters. The Kier molecular flexibility index (Phi) is 3.71. The van der Waals surface area contributed by atoms with Crippen molar-refractivity contribution in [2.75, 3.05) is 0 Å². The van der Waals surface area contributed by atoms with Gasteiger partial charge in [-0.1, -0.05) is 51.1 Å². The number of rotatable bonds is 3. The fourth-order valence-corrected chi connectivity index (χ4v) is 3.87. The second-order valence-electron chi connectivity index (χ2n) is 6.99. The summed E-state index contributed by atoms with van der Waals surface area (Å²) in [6, 6.07) is 12.9. The molecule has 0 amide bonds. The van der Waals surface area contributed by atoms with Gasteiger partial charge in [-0.2, -0.15) is 0 Å². The highest BCUT2D eigenvalue weighted by molar-refractivity contribution is 6.01. The fourth-order valence-electron chi connectivity index (χ4n) is 3.87. The number of carboxylic acid groups (broad SMARTS) is 2. The molecule has 1 aliphatic carbocycles. The number of carbonyl (C=O) groups is 2. The van der Waals surface area contributed by atoms with E-state index in [0.717, 1.165) is 5.56 Å². The van der Waals surface area contributed by atoms with Crippen molar-refractivity contribution in [3.63, 3.8) is 0 Å². The van der Waals surface area contributed by atoms with Crippen molar-refractivity contribution >= 4 is 11.9 Å². The monoisotopic (exact) mass is 324 g/mol. The third-order valence-electron chi connectivity index (χ3n) is 5.49. The van der Waals surface area contributed by atoms with E-state index in [4.69, 9.17) is 0 Å². The first-order valence-corrected chi connectivity index (χ1v) is 7.95. The van der Waals surface area contributed by atoms with Crippen LogP contribution in [0.15, 0.2) is 42.5 Å². The summed E-state index contributed by atoms with van der Waals surface area (Å²) in [6.45, 7) is 6.55. The first-order chi connectivity index (χ1) is 11.2. The second-order valence-corrected chi connectivity index (χ2v) is 6.99. The van der Waals surface area contributed by atoms with Crippen LogP contribution in [0.3, 0.4) is 0 Å². The van der Waals surface area contributed by atoms with E-state index in [1.165, 1.54) is 23.3 Å². The largest absolute Gasteiger partial charge is 0.478 e. The number of benzene rings is 2. The van der Waals surface area contributed by atoms with Crippen LogP contribution in [-0.2, 0) is 5.41 Å². The third-order valence-corrected chi connectivity index (χ3v) is 5.49. The molecule has 0 radical (unpaired) electrons. The van der Waals surface area contributed by atoms with Crippen LogP contribution in [0.4, 0.5) is 0 Å².